The average molecular weight is 443 g/mol. The van der Waals surface area contributed by atoms with Gasteiger partial charge in [0.05, 0.1) is 18.8 Å². The predicted molar refractivity (Wildman–Crippen MR) is 130 cm³/mol. The van der Waals surface area contributed by atoms with Gasteiger partial charge in [-0.25, -0.2) is 0 Å². The molecule has 0 amide bonds. The minimum atomic E-state index is -0.122. The van der Waals surface area contributed by atoms with E-state index >= 15 is 0 Å². The third-order valence-corrected chi connectivity index (χ3v) is 14.1. The number of hydrogen-bond donors (Lipinski definition) is 1. The van der Waals surface area contributed by atoms with Crippen LogP contribution in [0.25, 0.3) is 0 Å². The Hall–Kier alpha value is -0.0800. The number of fused-ring (bicyclic) bond motifs is 5. The quantitative estimate of drug-likeness (QED) is 0.428. The zero-order valence-corrected chi connectivity index (χ0v) is 22.1. The maximum atomic E-state index is 10.9. The second-order valence-corrected chi connectivity index (χ2v) is 15.7. The predicted octanol–water partition coefficient (Wildman–Crippen LogP) is 7.24. The first-order chi connectivity index (χ1) is 14.8. The Morgan fingerprint density at radius 2 is 1.41 bits per heavy atom. The minimum absolute atomic E-state index is 0.0586. The second kappa shape index (κ2) is 6.37. The van der Waals surface area contributed by atoms with Crippen LogP contribution in [0, 0.1) is 56.2 Å². The maximum absolute atomic E-state index is 10.9. The largest absolute Gasteiger partial charge is 0.393 e. The molecule has 2 nitrogen and oxygen atoms in total. The first-order valence-electron chi connectivity index (χ1n) is 14.1. The van der Waals surface area contributed by atoms with Crippen LogP contribution in [0.4, 0.5) is 0 Å². The molecule has 2 heteroatoms. The Bertz CT molecular complexity index is 801. The number of hydrogen-bond acceptors (Lipinski definition) is 2. The number of ether oxygens (including phenoxy) is 1. The van der Waals surface area contributed by atoms with Crippen molar-refractivity contribution in [1.82, 2.24) is 0 Å². The molecule has 0 radical (unpaired) electrons. The highest BCUT2D eigenvalue weighted by molar-refractivity contribution is 5.21. The molecule has 6 rings (SSSR count). The molecule has 0 aromatic heterocycles. The van der Waals surface area contributed by atoms with Gasteiger partial charge in [0.15, 0.2) is 0 Å². The lowest BCUT2D eigenvalue weighted by molar-refractivity contribution is -0.252. The van der Waals surface area contributed by atoms with Crippen molar-refractivity contribution in [3.8, 4) is 0 Å². The van der Waals surface area contributed by atoms with Gasteiger partial charge in [-0.05, 0) is 120 Å². The molecule has 6 fully saturated rings. The Balaban J connectivity index is 1.39. The fourth-order valence-electron chi connectivity index (χ4n) is 12.0. The van der Waals surface area contributed by atoms with E-state index in [0.717, 1.165) is 30.8 Å². The average Bonchev–Trinajstić information content (AvgIpc) is 3.05. The Morgan fingerprint density at radius 3 is 2.16 bits per heavy atom. The molecule has 0 aromatic carbocycles. The first-order valence-corrected chi connectivity index (χ1v) is 14.1. The molecule has 1 heterocycles. The molecule has 2 bridgehead atoms. The summed E-state index contributed by atoms with van der Waals surface area (Å²) in [5, 5.41) is 10.9. The molecule has 0 unspecified atom stereocenters. The van der Waals surface area contributed by atoms with E-state index in [9.17, 15) is 5.11 Å². The summed E-state index contributed by atoms with van der Waals surface area (Å²) in [5.74, 6) is 3.11. The molecule has 1 saturated heterocycles. The van der Waals surface area contributed by atoms with Crippen molar-refractivity contribution < 1.29 is 9.84 Å². The van der Waals surface area contributed by atoms with E-state index in [1.54, 1.807) is 0 Å². The molecule has 0 spiro atoms. The highest BCUT2D eigenvalue weighted by Crippen LogP contribution is 2.78. The van der Waals surface area contributed by atoms with E-state index < -0.39 is 0 Å². The van der Waals surface area contributed by atoms with Crippen LogP contribution in [0.3, 0.4) is 0 Å². The van der Waals surface area contributed by atoms with Crippen LogP contribution in [0.2, 0.25) is 0 Å². The van der Waals surface area contributed by atoms with Crippen molar-refractivity contribution in [3.05, 3.63) is 0 Å². The summed E-state index contributed by atoms with van der Waals surface area (Å²) in [6.45, 7) is 18.9. The van der Waals surface area contributed by atoms with E-state index in [0.29, 0.717) is 39.1 Å². The molecule has 1 aliphatic heterocycles. The zero-order chi connectivity index (χ0) is 22.9. The summed E-state index contributed by atoms with van der Waals surface area (Å²) in [7, 11) is 0. The molecule has 32 heavy (non-hydrogen) atoms. The molecule has 5 aliphatic carbocycles. The number of aliphatic hydroxyl groups is 1. The molecule has 182 valence electrons. The lowest BCUT2D eigenvalue weighted by Crippen LogP contribution is -2.67. The van der Waals surface area contributed by atoms with Crippen molar-refractivity contribution in [3.63, 3.8) is 0 Å². The molecule has 5 saturated carbocycles. The molecule has 6 aliphatic rings. The van der Waals surface area contributed by atoms with E-state index in [4.69, 9.17) is 4.74 Å². The summed E-state index contributed by atoms with van der Waals surface area (Å²) in [6, 6.07) is 0. The molecule has 1 N–H and O–H groups in total. The smallest absolute Gasteiger partial charge is 0.0663 e. The highest BCUT2D eigenvalue weighted by atomic mass is 16.5. The van der Waals surface area contributed by atoms with Crippen LogP contribution in [0.5, 0.6) is 0 Å². The SMILES string of the molecule is CC1(C)CC[C@]23CC[C@]4(C)[C@H](CC[C@@H]5[C@@]6(C)CC[C@H](O)C(C)(C)[C@@H]6CC[C@]54C)[C@H]2[C@H]1OC3. The van der Waals surface area contributed by atoms with Crippen molar-refractivity contribution in [1.29, 1.82) is 0 Å². The molecule has 10 atom stereocenters. The Morgan fingerprint density at radius 1 is 0.688 bits per heavy atom. The topological polar surface area (TPSA) is 29.5 Å². The molecule has 0 aromatic rings. The number of rotatable bonds is 0. The van der Waals surface area contributed by atoms with Gasteiger partial charge in [-0.3, -0.25) is 0 Å². The monoisotopic (exact) mass is 442 g/mol. The van der Waals surface area contributed by atoms with Gasteiger partial charge in [0.1, 0.15) is 0 Å². The third-order valence-electron chi connectivity index (χ3n) is 14.1. The van der Waals surface area contributed by atoms with Gasteiger partial charge >= 0.3 is 0 Å². The van der Waals surface area contributed by atoms with Gasteiger partial charge in [-0.2, -0.15) is 0 Å². The summed E-state index contributed by atoms with van der Waals surface area (Å²) < 4.78 is 6.71. The Labute approximate surface area is 197 Å². The van der Waals surface area contributed by atoms with Crippen LogP contribution in [-0.2, 0) is 4.74 Å². The van der Waals surface area contributed by atoms with Crippen LogP contribution in [-0.4, -0.2) is 23.9 Å². The lowest BCUT2D eigenvalue weighted by Gasteiger charge is -2.73. The van der Waals surface area contributed by atoms with Gasteiger partial charge in [0.25, 0.3) is 0 Å². The van der Waals surface area contributed by atoms with E-state index in [1.165, 1.54) is 57.8 Å². The van der Waals surface area contributed by atoms with Gasteiger partial charge in [-0.1, -0.05) is 48.5 Å². The molecular weight excluding hydrogens is 392 g/mol. The minimum Gasteiger partial charge on any atom is -0.393 e. The fraction of sp³-hybridized carbons (Fsp3) is 1.00. The van der Waals surface area contributed by atoms with Crippen LogP contribution in [0.15, 0.2) is 0 Å². The van der Waals surface area contributed by atoms with Crippen molar-refractivity contribution in [2.75, 3.05) is 6.61 Å². The van der Waals surface area contributed by atoms with Crippen LogP contribution < -0.4 is 0 Å². The van der Waals surface area contributed by atoms with Crippen LogP contribution in [0.1, 0.15) is 113 Å². The van der Waals surface area contributed by atoms with Gasteiger partial charge in [0.2, 0.25) is 0 Å². The van der Waals surface area contributed by atoms with Gasteiger partial charge in [-0.15, -0.1) is 0 Å². The maximum Gasteiger partial charge on any atom is 0.0663 e. The van der Waals surface area contributed by atoms with Crippen molar-refractivity contribution in [2.24, 2.45) is 56.2 Å². The third kappa shape index (κ3) is 2.41. The van der Waals surface area contributed by atoms with E-state index in [1.807, 2.05) is 0 Å². The highest BCUT2D eigenvalue weighted by Gasteiger charge is 2.72. The van der Waals surface area contributed by atoms with Crippen molar-refractivity contribution >= 4 is 0 Å². The van der Waals surface area contributed by atoms with Crippen molar-refractivity contribution in [2.45, 2.75) is 125 Å². The summed E-state index contributed by atoms with van der Waals surface area (Å²) in [5.41, 5.74) is 2.16. The summed E-state index contributed by atoms with van der Waals surface area (Å²) in [6.07, 6.45) is 13.7. The number of aliphatic hydroxyl groups excluding tert-OH is 1. The normalized spacial score (nSPS) is 60.0. The van der Waals surface area contributed by atoms with Crippen LogP contribution >= 0.6 is 0 Å². The zero-order valence-electron chi connectivity index (χ0n) is 22.1. The standard InChI is InChI=1S/C30H50O2/c1-25(2)14-16-30-17-15-28(6)19(23(30)24(25)32-18-30)8-9-21-27(5)12-11-22(31)26(3,4)20(27)10-13-29(21,28)7/h19-24,31H,8-18H2,1-7H3/t19-,20+,21-,22+,23+,24-,27+,28-,29-,30-/m1/s1. The van der Waals surface area contributed by atoms with E-state index in [-0.39, 0.29) is 11.5 Å². The van der Waals surface area contributed by atoms with E-state index in [2.05, 4.69) is 48.5 Å². The summed E-state index contributed by atoms with van der Waals surface area (Å²) in [4.78, 5) is 0. The first kappa shape index (κ1) is 22.4. The fourth-order valence-corrected chi connectivity index (χ4v) is 12.0. The molecular formula is C30H50O2. The Kier molecular flexibility index (Phi) is 4.46. The summed E-state index contributed by atoms with van der Waals surface area (Å²) >= 11 is 0. The van der Waals surface area contributed by atoms with Gasteiger partial charge < -0.3 is 9.84 Å². The lowest BCUT2D eigenvalue weighted by atomic mass is 9.31. The van der Waals surface area contributed by atoms with Gasteiger partial charge in [0, 0.05) is 0 Å². The second-order valence-electron chi connectivity index (χ2n) is 15.7.